The van der Waals surface area contributed by atoms with Gasteiger partial charge in [-0.15, -0.1) is 0 Å². The molecular formula is C23H25N3O6. The number of rotatable bonds is 6. The van der Waals surface area contributed by atoms with Crippen LogP contribution >= 0.6 is 0 Å². The van der Waals surface area contributed by atoms with Crippen molar-refractivity contribution in [2.24, 2.45) is 0 Å². The van der Waals surface area contributed by atoms with E-state index in [0.29, 0.717) is 37.6 Å². The molecule has 0 bridgehead atoms. The summed E-state index contributed by atoms with van der Waals surface area (Å²) < 4.78 is 15.9. The van der Waals surface area contributed by atoms with Crippen LogP contribution in [0.25, 0.3) is 0 Å². The van der Waals surface area contributed by atoms with E-state index < -0.39 is 18.0 Å². The molecule has 1 saturated heterocycles. The first kappa shape index (κ1) is 21.5. The third-order valence-electron chi connectivity index (χ3n) is 5.49. The summed E-state index contributed by atoms with van der Waals surface area (Å²) >= 11 is 0. The number of hydrogen-bond acceptors (Lipinski definition) is 7. The topological polar surface area (TPSA) is 97.4 Å². The lowest BCUT2D eigenvalue weighted by Gasteiger charge is -2.36. The normalized spacial score (nSPS) is 17.7. The van der Waals surface area contributed by atoms with Crippen molar-refractivity contribution >= 4 is 29.2 Å². The summed E-state index contributed by atoms with van der Waals surface area (Å²) in [6, 6.07) is 14.8. The van der Waals surface area contributed by atoms with Gasteiger partial charge in [-0.3, -0.25) is 14.4 Å². The molecule has 1 atom stereocenters. The van der Waals surface area contributed by atoms with Gasteiger partial charge in [-0.05, 0) is 36.4 Å². The predicted molar refractivity (Wildman–Crippen MR) is 117 cm³/mol. The van der Waals surface area contributed by atoms with Gasteiger partial charge in [0.1, 0.15) is 11.5 Å². The molecule has 2 aromatic carbocycles. The van der Waals surface area contributed by atoms with E-state index in [1.807, 2.05) is 24.3 Å². The summed E-state index contributed by atoms with van der Waals surface area (Å²) in [4.78, 5) is 40.6. The monoisotopic (exact) mass is 439 g/mol. The number of carbonyl (C=O) groups excluding carboxylic acids is 3. The number of nitrogens with one attached hydrogen (secondary N) is 1. The lowest BCUT2D eigenvalue weighted by Crippen LogP contribution is -2.50. The zero-order valence-electron chi connectivity index (χ0n) is 17.8. The minimum Gasteiger partial charge on any atom is -0.497 e. The fraction of sp³-hybridized carbons (Fsp3) is 0.348. The Balaban J connectivity index is 1.21. The third kappa shape index (κ3) is 4.93. The number of methoxy groups -OCH3 is 1. The number of para-hydroxylation sites is 2. The summed E-state index contributed by atoms with van der Waals surface area (Å²) in [5.74, 6) is -0.0381. The van der Waals surface area contributed by atoms with Crippen molar-refractivity contribution in [3.8, 4) is 11.5 Å². The van der Waals surface area contributed by atoms with E-state index in [9.17, 15) is 14.4 Å². The molecule has 1 unspecified atom stereocenters. The quantitative estimate of drug-likeness (QED) is 0.684. The second kappa shape index (κ2) is 9.59. The van der Waals surface area contributed by atoms with Crippen LogP contribution in [0.3, 0.4) is 0 Å². The highest BCUT2D eigenvalue weighted by Gasteiger charge is 2.30. The molecule has 0 spiro atoms. The molecule has 32 heavy (non-hydrogen) atoms. The van der Waals surface area contributed by atoms with E-state index in [0.717, 1.165) is 11.4 Å². The molecule has 0 aliphatic carbocycles. The maximum absolute atomic E-state index is 12.5. The van der Waals surface area contributed by atoms with E-state index >= 15 is 0 Å². The third-order valence-corrected chi connectivity index (χ3v) is 5.49. The Labute approximate surface area is 185 Å². The van der Waals surface area contributed by atoms with Gasteiger partial charge in [0.25, 0.3) is 11.8 Å². The smallest absolute Gasteiger partial charge is 0.310 e. The van der Waals surface area contributed by atoms with Gasteiger partial charge in [0.05, 0.1) is 19.2 Å². The summed E-state index contributed by atoms with van der Waals surface area (Å²) in [6.07, 6.45) is -1.25. The molecule has 9 heteroatoms. The number of carbonyl (C=O) groups is 3. The second-order valence-corrected chi connectivity index (χ2v) is 7.52. The van der Waals surface area contributed by atoms with Crippen LogP contribution in [0.2, 0.25) is 0 Å². The molecule has 2 aliphatic heterocycles. The zero-order valence-corrected chi connectivity index (χ0v) is 17.8. The molecule has 9 nitrogen and oxygen atoms in total. The van der Waals surface area contributed by atoms with E-state index in [-0.39, 0.29) is 18.9 Å². The van der Waals surface area contributed by atoms with Gasteiger partial charge in [-0.1, -0.05) is 12.1 Å². The van der Waals surface area contributed by atoms with E-state index in [4.69, 9.17) is 14.2 Å². The van der Waals surface area contributed by atoms with Gasteiger partial charge in [0, 0.05) is 31.9 Å². The van der Waals surface area contributed by atoms with Crippen molar-refractivity contribution < 1.29 is 28.6 Å². The maximum Gasteiger partial charge on any atom is 0.310 e. The fourth-order valence-corrected chi connectivity index (χ4v) is 3.68. The van der Waals surface area contributed by atoms with Crippen LogP contribution in [-0.4, -0.2) is 68.7 Å². The van der Waals surface area contributed by atoms with Crippen molar-refractivity contribution in [2.75, 3.05) is 50.1 Å². The lowest BCUT2D eigenvalue weighted by atomic mass is 10.1. The van der Waals surface area contributed by atoms with Gasteiger partial charge >= 0.3 is 5.97 Å². The van der Waals surface area contributed by atoms with Crippen LogP contribution in [0.5, 0.6) is 11.5 Å². The molecule has 2 heterocycles. The van der Waals surface area contributed by atoms with Crippen molar-refractivity contribution in [3.05, 3.63) is 48.5 Å². The standard InChI is InChI=1S/C23H25N3O6/c1-30-17-8-6-16(7-9-17)25-10-12-26(13-11-25)21(27)15-31-22(28)14-20-23(29)24-18-4-2-3-5-19(18)32-20/h2-9,20H,10-15H2,1H3,(H,24,29). The maximum atomic E-state index is 12.5. The van der Waals surface area contributed by atoms with Crippen LogP contribution in [-0.2, 0) is 19.1 Å². The van der Waals surface area contributed by atoms with Crippen molar-refractivity contribution in [1.82, 2.24) is 4.90 Å². The first-order valence-electron chi connectivity index (χ1n) is 10.4. The van der Waals surface area contributed by atoms with Crippen molar-refractivity contribution in [3.63, 3.8) is 0 Å². The minimum absolute atomic E-state index is 0.257. The first-order valence-corrected chi connectivity index (χ1v) is 10.4. The molecule has 2 aliphatic rings. The molecule has 0 saturated carbocycles. The van der Waals surface area contributed by atoms with E-state index in [1.165, 1.54) is 0 Å². The van der Waals surface area contributed by atoms with E-state index in [1.54, 1.807) is 36.3 Å². The molecule has 2 aromatic rings. The van der Waals surface area contributed by atoms with Crippen LogP contribution in [0.4, 0.5) is 11.4 Å². The average Bonchev–Trinajstić information content (AvgIpc) is 2.83. The van der Waals surface area contributed by atoms with Gasteiger partial charge in [-0.2, -0.15) is 0 Å². The lowest BCUT2D eigenvalue weighted by molar-refractivity contribution is -0.154. The molecule has 0 aromatic heterocycles. The highest BCUT2D eigenvalue weighted by atomic mass is 16.5. The Morgan fingerprint density at radius 1 is 1.06 bits per heavy atom. The molecule has 4 rings (SSSR count). The summed E-state index contributed by atoms with van der Waals surface area (Å²) in [7, 11) is 1.63. The van der Waals surface area contributed by atoms with Crippen molar-refractivity contribution in [2.45, 2.75) is 12.5 Å². The number of fused-ring (bicyclic) bond motifs is 1. The summed E-state index contributed by atoms with van der Waals surface area (Å²) in [5, 5.41) is 2.70. The highest BCUT2D eigenvalue weighted by Crippen LogP contribution is 2.29. The predicted octanol–water partition coefficient (Wildman–Crippen LogP) is 1.68. The second-order valence-electron chi connectivity index (χ2n) is 7.52. The molecule has 0 radical (unpaired) electrons. The number of amides is 2. The van der Waals surface area contributed by atoms with E-state index in [2.05, 4.69) is 10.2 Å². The molecule has 2 amide bonds. The van der Waals surface area contributed by atoms with Gasteiger partial charge in [0.15, 0.2) is 12.7 Å². The number of hydrogen-bond donors (Lipinski definition) is 1. The molecule has 1 fully saturated rings. The van der Waals surface area contributed by atoms with Gasteiger partial charge < -0.3 is 29.3 Å². The Bertz CT molecular complexity index is 985. The van der Waals surface area contributed by atoms with Crippen LogP contribution < -0.4 is 19.7 Å². The van der Waals surface area contributed by atoms with Crippen LogP contribution in [0, 0.1) is 0 Å². The zero-order chi connectivity index (χ0) is 22.5. The number of anilines is 2. The Hall–Kier alpha value is -3.75. The fourth-order valence-electron chi connectivity index (χ4n) is 3.68. The molecule has 168 valence electrons. The SMILES string of the molecule is COc1ccc(N2CCN(C(=O)COC(=O)CC3Oc4ccccc4NC3=O)CC2)cc1. The average molecular weight is 439 g/mol. The number of esters is 1. The number of ether oxygens (including phenoxy) is 3. The Morgan fingerprint density at radius 3 is 2.50 bits per heavy atom. The Kier molecular flexibility index (Phi) is 6.44. The van der Waals surface area contributed by atoms with Crippen molar-refractivity contribution in [1.29, 1.82) is 0 Å². The minimum atomic E-state index is -0.986. The van der Waals surface area contributed by atoms with Crippen LogP contribution in [0.1, 0.15) is 6.42 Å². The number of benzene rings is 2. The Morgan fingerprint density at radius 2 is 1.78 bits per heavy atom. The molecular weight excluding hydrogens is 414 g/mol. The van der Waals surface area contributed by atoms with Gasteiger partial charge in [-0.25, -0.2) is 0 Å². The number of piperazine rings is 1. The molecule has 1 N–H and O–H groups in total. The highest BCUT2D eigenvalue weighted by molar-refractivity contribution is 5.99. The van der Waals surface area contributed by atoms with Gasteiger partial charge in [0.2, 0.25) is 0 Å². The summed E-state index contributed by atoms with van der Waals surface area (Å²) in [6.45, 7) is 2.08. The first-order chi connectivity index (χ1) is 15.5. The number of nitrogens with zero attached hydrogens (tertiary/aromatic N) is 2. The van der Waals surface area contributed by atoms with Crippen LogP contribution in [0.15, 0.2) is 48.5 Å². The largest absolute Gasteiger partial charge is 0.497 e. The summed E-state index contributed by atoms with van der Waals surface area (Å²) in [5.41, 5.74) is 1.63.